The predicted molar refractivity (Wildman–Crippen MR) is 88.7 cm³/mol. The van der Waals surface area contributed by atoms with Gasteiger partial charge in [0.2, 0.25) is 5.91 Å². The second-order valence-electron chi connectivity index (χ2n) is 5.68. The molecule has 120 valence electrons. The summed E-state index contributed by atoms with van der Waals surface area (Å²) >= 11 is 0. The summed E-state index contributed by atoms with van der Waals surface area (Å²) in [5, 5.41) is 7.16. The van der Waals surface area contributed by atoms with Crippen LogP contribution >= 0.6 is 0 Å². The molecule has 2 aromatic heterocycles. The highest BCUT2D eigenvalue weighted by molar-refractivity contribution is 5.78. The maximum Gasteiger partial charge on any atom is 0.220 e. The molecule has 6 heteroatoms. The molecule has 2 heterocycles. The monoisotopic (exact) mass is 311 g/mol. The molecule has 0 saturated heterocycles. The average Bonchev–Trinajstić information content (AvgIpc) is 3.16. The van der Waals surface area contributed by atoms with Gasteiger partial charge in [0, 0.05) is 32.4 Å². The SMILES string of the molecule is CC(NC(=O)CCCn1cccn1)c1nc2ccccc2n1C. The number of fused-ring (bicyclic) bond motifs is 1. The summed E-state index contributed by atoms with van der Waals surface area (Å²) in [6.07, 6.45) is 4.89. The number of aryl methyl sites for hydroxylation is 2. The Labute approximate surface area is 135 Å². The standard InChI is InChI=1S/C17H21N5O/c1-13(17-20-14-7-3-4-8-15(14)21(17)2)19-16(23)9-5-11-22-12-6-10-18-22/h3-4,6-8,10,12-13H,5,9,11H2,1-2H3,(H,19,23). The van der Waals surface area contributed by atoms with Gasteiger partial charge >= 0.3 is 0 Å². The number of hydrogen-bond acceptors (Lipinski definition) is 3. The molecule has 0 spiro atoms. The largest absolute Gasteiger partial charge is 0.346 e. The third-order valence-corrected chi connectivity index (χ3v) is 3.94. The Bertz CT molecular complexity index is 791. The second kappa shape index (κ2) is 6.64. The number of nitrogens with one attached hydrogen (secondary N) is 1. The van der Waals surface area contributed by atoms with Crippen molar-refractivity contribution in [3.63, 3.8) is 0 Å². The van der Waals surface area contributed by atoms with Gasteiger partial charge in [-0.15, -0.1) is 0 Å². The Morgan fingerprint density at radius 3 is 2.87 bits per heavy atom. The Morgan fingerprint density at radius 2 is 2.13 bits per heavy atom. The van der Waals surface area contributed by atoms with Crippen molar-refractivity contribution in [2.45, 2.75) is 32.4 Å². The number of benzene rings is 1. The lowest BCUT2D eigenvalue weighted by Crippen LogP contribution is -2.28. The van der Waals surface area contributed by atoms with Gasteiger partial charge in [0.25, 0.3) is 0 Å². The van der Waals surface area contributed by atoms with Gasteiger partial charge in [-0.3, -0.25) is 9.48 Å². The zero-order valence-corrected chi connectivity index (χ0v) is 13.4. The van der Waals surface area contributed by atoms with Crippen LogP contribution in [0.25, 0.3) is 11.0 Å². The van der Waals surface area contributed by atoms with Crippen LogP contribution in [0.1, 0.15) is 31.6 Å². The summed E-state index contributed by atoms with van der Waals surface area (Å²) in [4.78, 5) is 16.7. The zero-order valence-electron chi connectivity index (χ0n) is 13.4. The highest BCUT2D eigenvalue weighted by atomic mass is 16.1. The topological polar surface area (TPSA) is 64.7 Å². The normalized spacial score (nSPS) is 12.4. The van der Waals surface area contributed by atoms with Crippen LogP contribution in [-0.2, 0) is 18.4 Å². The summed E-state index contributed by atoms with van der Waals surface area (Å²) < 4.78 is 3.87. The van der Waals surface area contributed by atoms with E-state index in [1.165, 1.54) is 0 Å². The van der Waals surface area contributed by atoms with Crippen molar-refractivity contribution in [3.8, 4) is 0 Å². The first kappa shape index (κ1) is 15.3. The van der Waals surface area contributed by atoms with Gasteiger partial charge < -0.3 is 9.88 Å². The molecule has 0 radical (unpaired) electrons. The van der Waals surface area contributed by atoms with E-state index in [1.807, 2.05) is 59.7 Å². The van der Waals surface area contributed by atoms with Crippen molar-refractivity contribution in [3.05, 3.63) is 48.5 Å². The fourth-order valence-corrected chi connectivity index (χ4v) is 2.76. The molecule has 3 aromatic rings. The van der Waals surface area contributed by atoms with E-state index >= 15 is 0 Å². The van der Waals surface area contributed by atoms with Gasteiger partial charge in [0.1, 0.15) is 5.82 Å². The number of para-hydroxylation sites is 2. The lowest BCUT2D eigenvalue weighted by Gasteiger charge is -2.14. The molecule has 1 aromatic carbocycles. The number of imidazole rings is 1. The Hall–Kier alpha value is -2.63. The summed E-state index contributed by atoms with van der Waals surface area (Å²) in [5.41, 5.74) is 2.02. The number of carbonyl (C=O) groups excluding carboxylic acids is 1. The van der Waals surface area contributed by atoms with Crippen LogP contribution in [0.15, 0.2) is 42.7 Å². The van der Waals surface area contributed by atoms with E-state index < -0.39 is 0 Å². The molecule has 0 saturated carbocycles. The molecule has 1 N–H and O–H groups in total. The molecule has 1 unspecified atom stereocenters. The molecule has 23 heavy (non-hydrogen) atoms. The number of aromatic nitrogens is 4. The van der Waals surface area contributed by atoms with Gasteiger partial charge in [-0.05, 0) is 31.5 Å². The second-order valence-corrected chi connectivity index (χ2v) is 5.68. The van der Waals surface area contributed by atoms with Crippen LogP contribution in [0.2, 0.25) is 0 Å². The highest BCUT2D eigenvalue weighted by Crippen LogP contribution is 2.19. The maximum absolute atomic E-state index is 12.1. The van der Waals surface area contributed by atoms with Crippen LogP contribution in [0.3, 0.4) is 0 Å². The number of rotatable bonds is 6. The fourth-order valence-electron chi connectivity index (χ4n) is 2.76. The Kier molecular flexibility index (Phi) is 4.41. The molecule has 0 bridgehead atoms. The fraction of sp³-hybridized carbons (Fsp3) is 0.353. The van der Waals surface area contributed by atoms with Crippen molar-refractivity contribution in [2.24, 2.45) is 7.05 Å². The van der Waals surface area contributed by atoms with Crippen LogP contribution < -0.4 is 5.32 Å². The minimum absolute atomic E-state index is 0.0386. The molecule has 0 aliphatic rings. The third-order valence-electron chi connectivity index (χ3n) is 3.94. The minimum Gasteiger partial charge on any atom is -0.346 e. The van der Waals surface area contributed by atoms with Crippen molar-refractivity contribution < 1.29 is 4.79 Å². The highest BCUT2D eigenvalue weighted by Gasteiger charge is 2.16. The molecule has 0 aliphatic heterocycles. The summed E-state index contributed by atoms with van der Waals surface area (Å²) in [6, 6.07) is 9.74. The molecule has 3 rings (SSSR count). The van der Waals surface area contributed by atoms with Crippen LogP contribution in [0, 0.1) is 0 Å². The average molecular weight is 311 g/mol. The van der Waals surface area contributed by atoms with E-state index in [4.69, 9.17) is 0 Å². The molecular weight excluding hydrogens is 290 g/mol. The van der Waals surface area contributed by atoms with E-state index in [9.17, 15) is 4.79 Å². The van der Waals surface area contributed by atoms with Gasteiger partial charge in [-0.2, -0.15) is 5.10 Å². The van der Waals surface area contributed by atoms with E-state index in [-0.39, 0.29) is 11.9 Å². The number of nitrogens with zero attached hydrogens (tertiary/aromatic N) is 4. The number of carbonyl (C=O) groups is 1. The lowest BCUT2D eigenvalue weighted by atomic mass is 10.2. The van der Waals surface area contributed by atoms with E-state index in [0.29, 0.717) is 6.42 Å². The molecule has 0 aliphatic carbocycles. The quantitative estimate of drug-likeness (QED) is 0.760. The predicted octanol–water partition coefficient (Wildman–Crippen LogP) is 2.43. The van der Waals surface area contributed by atoms with Crippen molar-refractivity contribution >= 4 is 16.9 Å². The molecule has 6 nitrogen and oxygen atoms in total. The molecular formula is C17H21N5O. The van der Waals surface area contributed by atoms with Crippen LogP contribution in [-0.4, -0.2) is 25.2 Å². The first-order valence-electron chi connectivity index (χ1n) is 7.83. The Balaban J connectivity index is 1.58. The van der Waals surface area contributed by atoms with Gasteiger partial charge in [-0.1, -0.05) is 12.1 Å². The zero-order chi connectivity index (χ0) is 16.2. The van der Waals surface area contributed by atoms with Gasteiger partial charge in [0.15, 0.2) is 0 Å². The van der Waals surface area contributed by atoms with E-state index in [2.05, 4.69) is 15.4 Å². The van der Waals surface area contributed by atoms with Gasteiger partial charge in [0.05, 0.1) is 17.1 Å². The number of amides is 1. The molecule has 0 fully saturated rings. The van der Waals surface area contributed by atoms with E-state index in [1.54, 1.807) is 6.20 Å². The van der Waals surface area contributed by atoms with Crippen molar-refractivity contribution in [1.82, 2.24) is 24.6 Å². The Morgan fingerprint density at radius 1 is 1.30 bits per heavy atom. The first-order valence-corrected chi connectivity index (χ1v) is 7.83. The van der Waals surface area contributed by atoms with Crippen LogP contribution in [0.5, 0.6) is 0 Å². The van der Waals surface area contributed by atoms with Crippen LogP contribution in [0.4, 0.5) is 0 Å². The van der Waals surface area contributed by atoms with E-state index in [0.717, 1.165) is 29.8 Å². The van der Waals surface area contributed by atoms with Gasteiger partial charge in [-0.25, -0.2) is 4.98 Å². The third kappa shape index (κ3) is 3.41. The summed E-state index contributed by atoms with van der Waals surface area (Å²) in [5.74, 6) is 0.906. The number of hydrogen-bond donors (Lipinski definition) is 1. The van der Waals surface area contributed by atoms with Crippen molar-refractivity contribution in [1.29, 1.82) is 0 Å². The minimum atomic E-state index is -0.121. The molecule has 1 atom stereocenters. The summed E-state index contributed by atoms with van der Waals surface area (Å²) in [7, 11) is 1.98. The smallest absolute Gasteiger partial charge is 0.220 e. The van der Waals surface area contributed by atoms with Crippen molar-refractivity contribution in [2.75, 3.05) is 0 Å². The first-order chi connectivity index (χ1) is 11.1. The summed E-state index contributed by atoms with van der Waals surface area (Å²) in [6.45, 7) is 2.72. The maximum atomic E-state index is 12.1. The molecule has 1 amide bonds. The lowest BCUT2D eigenvalue weighted by molar-refractivity contribution is -0.121.